The van der Waals surface area contributed by atoms with E-state index in [1.54, 1.807) is 0 Å². The molecule has 0 spiro atoms. The first kappa shape index (κ1) is 9.59. The van der Waals surface area contributed by atoms with Gasteiger partial charge in [0.1, 0.15) is 0 Å². The van der Waals surface area contributed by atoms with Crippen molar-refractivity contribution >= 4 is 11.6 Å². The highest BCUT2D eigenvalue weighted by Crippen LogP contribution is 2.14. The second-order valence-electron chi connectivity index (χ2n) is 2.79. The van der Waals surface area contributed by atoms with Gasteiger partial charge in [-0.15, -0.1) is 11.6 Å². The van der Waals surface area contributed by atoms with Gasteiger partial charge in [-0.05, 0) is 26.8 Å². The minimum Gasteiger partial charge on any atom is -0.125 e. The fourth-order valence-electron chi connectivity index (χ4n) is 0.354. The van der Waals surface area contributed by atoms with Crippen molar-refractivity contribution in [3.8, 4) is 11.8 Å². The van der Waals surface area contributed by atoms with E-state index in [9.17, 15) is 0 Å². The Bertz CT molecular complexity index is 167. The Kier molecular flexibility index (Phi) is 4.23. The van der Waals surface area contributed by atoms with Crippen LogP contribution in [0.25, 0.3) is 0 Å². The van der Waals surface area contributed by atoms with Crippen LogP contribution in [0.15, 0.2) is 12.2 Å². The molecule has 0 aliphatic heterocycles. The predicted octanol–water partition coefficient (Wildman–Crippen LogP) is 2.83. The minimum absolute atomic E-state index is 0.0545. The molecule has 0 rings (SSSR count). The summed E-state index contributed by atoms with van der Waals surface area (Å²) in [6.07, 6.45) is 3.74. The molecule has 0 aromatic heterocycles. The zero-order valence-corrected chi connectivity index (χ0v) is 7.50. The molecule has 0 radical (unpaired) electrons. The van der Waals surface area contributed by atoms with Gasteiger partial charge in [0.25, 0.3) is 0 Å². The molecule has 56 valence electrons. The average Bonchev–Trinajstić information content (AvgIpc) is 1.89. The van der Waals surface area contributed by atoms with Crippen LogP contribution >= 0.6 is 11.6 Å². The van der Waals surface area contributed by atoms with E-state index in [0.717, 1.165) is 0 Å². The Balaban J connectivity index is 4.01. The van der Waals surface area contributed by atoms with Crippen molar-refractivity contribution in [2.75, 3.05) is 5.88 Å². The highest BCUT2D eigenvalue weighted by Gasteiger charge is 2.10. The van der Waals surface area contributed by atoms with Gasteiger partial charge in [-0.2, -0.15) is 0 Å². The van der Waals surface area contributed by atoms with E-state index < -0.39 is 0 Å². The Morgan fingerprint density at radius 3 is 2.50 bits per heavy atom. The van der Waals surface area contributed by atoms with Crippen molar-refractivity contribution in [3.05, 3.63) is 12.2 Å². The molecular formula is C9H13Cl. The van der Waals surface area contributed by atoms with Crippen molar-refractivity contribution < 1.29 is 0 Å². The van der Waals surface area contributed by atoms with Crippen molar-refractivity contribution in [2.45, 2.75) is 20.8 Å². The lowest BCUT2D eigenvalue weighted by Gasteiger charge is -2.10. The van der Waals surface area contributed by atoms with Gasteiger partial charge in [0.15, 0.2) is 0 Å². The highest BCUT2D eigenvalue weighted by atomic mass is 35.5. The van der Waals surface area contributed by atoms with Gasteiger partial charge >= 0.3 is 0 Å². The van der Waals surface area contributed by atoms with Crippen LogP contribution in [0.4, 0.5) is 0 Å². The zero-order valence-electron chi connectivity index (χ0n) is 6.74. The van der Waals surface area contributed by atoms with Crippen LogP contribution in [0.1, 0.15) is 20.8 Å². The Morgan fingerprint density at radius 1 is 1.50 bits per heavy atom. The van der Waals surface area contributed by atoms with Crippen molar-refractivity contribution in [2.24, 2.45) is 5.41 Å². The van der Waals surface area contributed by atoms with Gasteiger partial charge in [0.05, 0.1) is 0 Å². The fourth-order valence-corrected chi connectivity index (χ4v) is 0.421. The number of rotatable bonds is 1. The summed E-state index contributed by atoms with van der Waals surface area (Å²) < 4.78 is 0. The summed E-state index contributed by atoms with van der Waals surface area (Å²) in [5, 5.41) is 0. The minimum atomic E-state index is -0.0545. The first-order valence-corrected chi connectivity index (χ1v) is 3.85. The molecule has 0 bridgehead atoms. The molecule has 0 aliphatic rings. The second kappa shape index (κ2) is 4.41. The summed E-state index contributed by atoms with van der Waals surface area (Å²) >= 11 is 5.65. The average molecular weight is 157 g/mol. The van der Waals surface area contributed by atoms with Crippen LogP contribution in [0.2, 0.25) is 0 Å². The van der Waals surface area contributed by atoms with E-state index in [1.165, 1.54) is 0 Å². The number of allylic oxidation sites excluding steroid dienone is 2. The topological polar surface area (TPSA) is 0 Å². The Morgan fingerprint density at radius 2 is 2.10 bits per heavy atom. The third-order valence-electron chi connectivity index (χ3n) is 0.995. The van der Waals surface area contributed by atoms with Crippen LogP contribution in [-0.2, 0) is 0 Å². The molecular weight excluding hydrogens is 144 g/mol. The smallest absolute Gasteiger partial charge is 0.0397 e. The summed E-state index contributed by atoms with van der Waals surface area (Å²) in [6, 6.07) is 0. The van der Waals surface area contributed by atoms with E-state index in [-0.39, 0.29) is 5.41 Å². The molecule has 0 saturated carbocycles. The van der Waals surface area contributed by atoms with E-state index in [4.69, 9.17) is 11.6 Å². The van der Waals surface area contributed by atoms with Gasteiger partial charge in [-0.25, -0.2) is 0 Å². The molecule has 0 aromatic carbocycles. The van der Waals surface area contributed by atoms with Crippen molar-refractivity contribution in [1.82, 2.24) is 0 Å². The third-order valence-corrected chi connectivity index (χ3v) is 1.66. The molecule has 0 nitrogen and oxygen atoms in total. The maximum absolute atomic E-state index is 5.65. The van der Waals surface area contributed by atoms with Crippen LogP contribution in [0.5, 0.6) is 0 Å². The monoisotopic (exact) mass is 156 g/mol. The van der Waals surface area contributed by atoms with Crippen molar-refractivity contribution in [3.63, 3.8) is 0 Å². The van der Waals surface area contributed by atoms with Gasteiger partial charge in [-0.3, -0.25) is 0 Å². The lowest BCUT2D eigenvalue weighted by molar-refractivity contribution is 0.579. The first-order valence-electron chi connectivity index (χ1n) is 3.32. The highest BCUT2D eigenvalue weighted by molar-refractivity contribution is 6.18. The lowest BCUT2D eigenvalue weighted by Crippen LogP contribution is -2.08. The van der Waals surface area contributed by atoms with Gasteiger partial charge in [0.2, 0.25) is 0 Å². The standard InChI is InChI=1S/C9H13Cl/c1-4-5-6-7-9(2,3)8-10/h4-5H,8H2,1-3H3. The summed E-state index contributed by atoms with van der Waals surface area (Å²) in [7, 11) is 0. The normalized spacial score (nSPS) is 11.2. The van der Waals surface area contributed by atoms with E-state index >= 15 is 0 Å². The Labute approximate surface area is 68.3 Å². The maximum atomic E-state index is 5.65. The lowest BCUT2D eigenvalue weighted by atomic mass is 9.98. The maximum Gasteiger partial charge on any atom is 0.0397 e. The molecule has 0 fully saturated rings. The van der Waals surface area contributed by atoms with Crippen LogP contribution in [0, 0.1) is 17.3 Å². The number of alkyl halides is 1. The van der Waals surface area contributed by atoms with Crippen LogP contribution < -0.4 is 0 Å². The first-order chi connectivity index (χ1) is 4.62. The predicted molar refractivity (Wildman–Crippen MR) is 47.1 cm³/mol. The molecule has 0 amide bonds. The quantitative estimate of drug-likeness (QED) is 0.405. The molecule has 10 heavy (non-hydrogen) atoms. The van der Waals surface area contributed by atoms with Crippen LogP contribution in [0.3, 0.4) is 0 Å². The van der Waals surface area contributed by atoms with Gasteiger partial charge in [-0.1, -0.05) is 17.9 Å². The summed E-state index contributed by atoms with van der Waals surface area (Å²) in [5.74, 6) is 6.53. The number of hydrogen-bond donors (Lipinski definition) is 0. The van der Waals surface area contributed by atoms with E-state index in [1.807, 2.05) is 32.9 Å². The van der Waals surface area contributed by atoms with Crippen LogP contribution in [-0.4, -0.2) is 5.88 Å². The summed E-state index contributed by atoms with van der Waals surface area (Å²) in [6.45, 7) is 6.00. The second-order valence-corrected chi connectivity index (χ2v) is 3.05. The molecule has 0 aliphatic carbocycles. The number of hydrogen-bond acceptors (Lipinski definition) is 0. The molecule has 0 saturated heterocycles. The third kappa shape index (κ3) is 4.47. The zero-order chi connectivity index (χ0) is 8.04. The van der Waals surface area contributed by atoms with Crippen molar-refractivity contribution in [1.29, 1.82) is 0 Å². The molecule has 0 unspecified atom stereocenters. The SMILES string of the molecule is CC=CC#CC(C)(C)CCl. The molecule has 0 N–H and O–H groups in total. The van der Waals surface area contributed by atoms with Gasteiger partial charge in [0, 0.05) is 11.3 Å². The molecule has 1 heteroatoms. The summed E-state index contributed by atoms with van der Waals surface area (Å²) in [4.78, 5) is 0. The molecule has 0 aromatic rings. The van der Waals surface area contributed by atoms with Gasteiger partial charge < -0.3 is 0 Å². The fraction of sp³-hybridized carbons (Fsp3) is 0.556. The molecule has 0 heterocycles. The summed E-state index contributed by atoms with van der Waals surface area (Å²) in [5.41, 5.74) is -0.0545. The molecule has 0 atom stereocenters. The van der Waals surface area contributed by atoms with E-state index in [0.29, 0.717) is 5.88 Å². The largest absolute Gasteiger partial charge is 0.125 e. The van der Waals surface area contributed by atoms with E-state index in [2.05, 4.69) is 11.8 Å². The number of halogens is 1. The Hall–Kier alpha value is -0.410.